The summed E-state index contributed by atoms with van der Waals surface area (Å²) in [5, 5.41) is 1.05. The minimum atomic E-state index is -4.64. The molecule has 0 amide bonds. The Bertz CT molecular complexity index is 2060. The van der Waals surface area contributed by atoms with E-state index in [0.29, 0.717) is 11.6 Å². The summed E-state index contributed by atoms with van der Waals surface area (Å²) in [6.07, 6.45) is 10.2. The number of nitrogen functional groups attached to an aromatic ring is 1. The van der Waals surface area contributed by atoms with Gasteiger partial charge < -0.3 is 0 Å². The van der Waals surface area contributed by atoms with Gasteiger partial charge in [-0.25, -0.2) is 0 Å². The van der Waals surface area contributed by atoms with Crippen molar-refractivity contribution >= 4 is 28.4 Å². The molecule has 309 valence electrons. The third kappa shape index (κ3) is 8.13. The normalized spacial score (nSPS) is 16.8. The van der Waals surface area contributed by atoms with Crippen LogP contribution in [0.4, 0.5) is 5.69 Å². The Labute approximate surface area is 342 Å². The van der Waals surface area contributed by atoms with Crippen LogP contribution in [0.3, 0.4) is 0 Å². The molecule has 0 radical (unpaired) electrons. The number of hydrogen-bond donors (Lipinski definition) is 2. The van der Waals surface area contributed by atoms with E-state index in [9.17, 15) is 4.55 Å². The van der Waals surface area contributed by atoms with Crippen LogP contribution in [-0.4, -0.2) is 38.5 Å². The Balaban J connectivity index is 1.90. The quantitative estimate of drug-likeness (QED) is 0.0600. The summed E-state index contributed by atoms with van der Waals surface area (Å²) in [6, 6.07) is 24.5. The predicted octanol–water partition coefficient (Wildman–Crippen LogP) is 11.7. The summed E-state index contributed by atoms with van der Waals surface area (Å²) in [5.74, 6) is 2.17. The summed E-state index contributed by atoms with van der Waals surface area (Å²) < 4.78 is 56.4. The van der Waals surface area contributed by atoms with Gasteiger partial charge in [0.1, 0.15) is 0 Å². The molecule has 2 aliphatic rings. The monoisotopic (exact) mass is 892 g/mol. The first-order valence-electron chi connectivity index (χ1n) is 20.7. The molecule has 2 saturated carbocycles. The Morgan fingerprint density at radius 1 is 0.661 bits per heavy atom. The Hall–Kier alpha value is -2.72. The molecule has 56 heavy (non-hydrogen) atoms. The van der Waals surface area contributed by atoms with E-state index in [1.54, 1.807) is 14.2 Å². The number of hydrogen-bond acceptors (Lipinski definition) is 5. The van der Waals surface area contributed by atoms with Crippen LogP contribution in [0.15, 0.2) is 72.8 Å². The second-order valence-corrected chi connectivity index (χ2v) is 34.0. The fourth-order valence-electron chi connectivity index (χ4n) is 9.71. The second kappa shape index (κ2) is 18.0. The Morgan fingerprint density at radius 3 is 1.61 bits per heavy atom. The van der Waals surface area contributed by atoms with Gasteiger partial charge in [0, 0.05) is 0 Å². The second-order valence-electron chi connectivity index (χ2n) is 16.8. The Kier molecular flexibility index (Phi) is 13.8. The zero-order valence-corrected chi connectivity index (χ0v) is 38.1. The molecule has 2 fully saturated rings. The van der Waals surface area contributed by atoms with Gasteiger partial charge in [-0.3, -0.25) is 0 Å². The number of ether oxygens (including phenoxy) is 2. The summed E-state index contributed by atoms with van der Waals surface area (Å²) in [6.45, 7) is 13.6. The molecule has 0 aromatic heterocycles. The number of para-hydroxylation sites is 1. The van der Waals surface area contributed by atoms with Crippen molar-refractivity contribution in [2.24, 2.45) is 0 Å². The van der Waals surface area contributed by atoms with Crippen LogP contribution in [0.5, 0.6) is 11.5 Å². The van der Waals surface area contributed by atoms with E-state index < -0.39 is 28.4 Å². The van der Waals surface area contributed by atoms with Gasteiger partial charge in [0.15, 0.2) is 0 Å². The first-order valence-corrected chi connectivity index (χ1v) is 29.0. The van der Waals surface area contributed by atoms with Crippen LogP contribution in [0.25, 0.3) is 22.3 Å². The molecule has 2 aliphatic carbocycles. The minimum absolute atomic E-state index is 0.114. The van der Waals surface area contributed by atoms with Crippen LogP contribution in [-0.2, 0) is 22.9 Å². The van der Waals surface area contributed by atoms with Gasteiger partial charge in [-0.05, 0) is 0 Å². The van der Waals surface area contributed by atoms with E-state index in [1.807, 2.05) is 60.7 Å². The molecule has 0 atom stereocenters. The van der Waals surface area contributed by atoms with Crippen LogP contribution < -0.4 is 24.5 Å². The van der Waals surface area contributed by atoms with E-state index in [1.165, 1.54) is 16.7 Å². The molecule has 0 bridgehead atoms. The first-order chi connectivity index (χ1) is 26.8. The molecule has 0 saturated heterocycles. The Morgan fingerprint density at radius 2 is 1.14 bits per heavy atom. The number of anilines is 1. The molecule has 0 unspecified atom stereocenters. The summed E-state index contributed by atoms with van der Waals surface area (Å²) in [5.41, 5.74) is 11.5. The molecular weight excluding hydrogens is 828 g/mol. The molecule has 0 aliphatic heterocycles. The van der Waals surface area contributed by atoms with Gasteiger partial charge in [0.05, 0.1) is 0 Å². The van der Waals surface area contributed by atoms with Crippen LogP contribution in [0, 0.1) is 0 Å². The van der Waals surface area contributed by atoms with Crippen molar-refractivity contribution in [1.29, 1.82) is 0 Å². The van der Waals surface area contributed by atoms with Gasteiger partial charge >= 0.3 is 344 Å². The molecule has 4 aromatic carbocycles. The van der Waals surface area contributed by atoms with Crippen LogP contribution in [0.2, 0.25) is 0 Å². The van der Waals surface area contributed by atoms with Crippen molar-refractivity contribution in [3.05, 3.63) is 89.5 Å². The van der Waals surface area contributed by atoms with Gasteiger partial charge in [-0.1, -0.05) is 0 Å². The van der Waals surface area contributed by atoms with Crippen molar-refractivity contribution in [2.45, 2.75) is 135 Å². The fourth-order valence-corrected chi connectivity index (χ4v) is 42.1. The van der Waals surface area contributed by atoms with Gasteiger partial charge in [0.25, 0.3) is 0 Å². The van der Waals surface area contributed by atoms with Crippen molar-refractivity contribution in [2.75, 3.05) is 20.0 Å². The molecule has 0 heterocycles. The molecule has 9 heteroatoms. The summed E-state index contributed by atoms with van der Waals surface area (Å²) in [4.78, 5) is 0. The maximum atomic E-state index is 15.1. The molecule has 3 N–H and O–H groups in total. The topological polar surface area (TPSA) is 98.9 Å². The molecule has 0 spiro atoms. The average molecular weight is 893 g/mol. The number of methoxy groups -OCH3 is 2. The van der Waals surface area contributed by atoms with E-state index in [0.717, 1.165) is 107 Å². The first kappa shape index (κ1) is 42.9. The van der Waals surface area contributed by atoms with Crippen molar-refractivity contribution < 1.29 is 37.5 Å². The zero-order valence-electron chi connectivity index (χ0n) is 34.8. The SMILES string of the molecule is COc1ccc(OC)c([PH](C2CCCCC2)(C2CCCCC2)[Pd]([c]2ccccc2-c2ccccc2N)[S](=O)(=O)O)c1-c1c(C(C)C)cc(C(C)C)cc1C(C)C. The van der Waals surface area contributed by atoms with Crippen molar-refractivity contribution in [1.82, 2.24) is 0 Å². The van der Waals surface area contributed by atoms with E-state index in [-0.39, 0.29) is 23.2 Å². The molecule has 4 aromatic rings. The zero-order chi connectivity index (χ0) is 40.4. The van der Waals surface area contributed by atoms with E-state index in [4.69, 9.17) is 15.2 Å². The third-order valence-electron chi connectivity index (χ3n) is 12.3. The summed E-state index contributed by atoms with van der Waals surface area (Å²) >= 11 is -3.12. The number of benzene rings is 4. The van der Waals surface area contributed by atoms with E-state index in [2.05, 4.69) is 53.7 Å². The third-order valence-corrected chi connectivity index (χ3v) is 38.6. The fraction of sp³-hybridized carbons (Fsp3) is 0.489. The van der Waals surface area contributed by atoms with Crippen LogP contribution in [0.1, 0.15) is 140 Å². The van der Waals surface area contributed by atoms with Gasteiger partial charge in [-0.15, -0.1) is 0 Å². The average Bonchev–Trinajstić information content (AvgIpc) is 3.19. The molecule has 6 rings (SSSR count). The predicted molar refractivity (Wildman–Crippen MR) is 236 cm³/mol. The number of rotatable bonds is 13. The number of nitrogens with two attached hydrogens (primary N) is 1. The van der Waals surface area contributed by atoms with E-state index >= 15 is 8.42 Å². The van der Waals surface area contributed by atoms with Crippen LogP contribution >= 0.6 is 5.45 Å². The van der Waals surface area contributed by atoms with Crippen molar-refractivity contribution in [3.63, 3.8) is 0 Å². The standard InChI is InChI=1S/C35H53O2P.C12H10N.HO3S.Pd/c1-23(2)26-21-29(24(3)4)33(30(22-26)25(5)6)34-31(36-7)19-20-32(37-8)35(34)38(27-15-11-9-12-16-27)28-17-13-10-14-18-28;13-12-9-5-4-8-11(12)10-6-2-1-3-7-10;1-4(2)3;/h19-25,27-28H,9-18H2,1-8H3;1-6,8-9H,13H2;(H,1,2,3);/q;;;-1/p+1. The van der Waals surface area contributed by atoms with Gasteiger partial charge in [0.2, 0.25) is 0 Å². The molecular formula is C47H65NO5PPdS. The van der Waals surface area contributed by atoms with Gasteiger partial charge in [-0.2, -0.15) is 0 Å². The summed E-state index contributed by atoms with van der Waals surface area (Å²) in [7, 11) is -1.15. The molecule has 6 nitrogen and oxygen atoms in total. The maximum absolute atomic E-state index is 15.1. The van der Waals surface area contributed by atoms with Crippen molar-refractivity contribution in [3.8, 4) is 33.8 Å².